The Morgan fingerprint density at radius 3 is 2.56 bits per heavy atom. The van der Waals surface area contributed by atoms with Gasteiger partial charge in [0.25, 0.3) is 5.91 Å². The first-order valence-corrected chi connectivity index (χ1v) is 12.0. The van der Waals surface area contributed by atoms with Crippen molar-refractivity contribution < 1.29 is 14.3 Å². The number of hydrogen-bond donors (Lipinski definition) is 5. The number of nitrogens with two attached hydrogens (primary N) is 1. The second-order valence-electron chi connectivity index (χ2n) is 8.95. The maximum absolute atomic E-state index is 11.8. The average molecular weight is 512 g/mol. The Bertz CT molecular complexity index is 853. The third-order valence-electron chi connectivity index (χ3n) is 4.65. The monoisotopic (exact) mass is 511 g/mol. The Morgan fingerprint density at radius 2 is 2.00 bits per heavy atom. The van der Waals surface area contributed by atoms with Crippen LogP contribution in [0.5, 0.6) is 0 Å². The molecule has 1 aromatic rings. The predicted molar refractivity (Wildman–Crippen MR) is 142 cm³/mol. The van der Waals surface area contributed by atoms with Crippen LogP contribution < -0.4 is 21.7 Å². The molecule has 2 amide bonds. The van der Waals surface area contributed by atoms with Gasteiger partial charge < -0.3 is 31.3 Å². The van der Waals surface area contributed by atoms with Gasteiger partial charge in [0, 0.05) is 30.7 Å². The molecule has 1 atom stereocenters. The molecule has 190 valence electrons. The van der Waals surface area contributed by atoms with Crippen LogP contribution in [0.2, 0.25) is 5.02 Å². The second-order valence-corrected chi connectivity index (χ2v) is 9.84. The summed E-state index contributed by atoms with van der Waals surface area (Å²) in [4.78, 5) is 25.5. The molecule has 1 aliphatic heterocycles. The van der Waals surface area contributed by atoms with Crippen molar-refractivity contribution in [2.75, 3.05) is 26.7 Å². The largest absolute Gasteiger partial charge is 0.444 e. The van der Waals surface area contributed by atoms with Gasteiger partial charge in [0.15, 0.2) is 0 Å². The first-order valence-electron chi connectivity index (χ1n) is 11.2. The van der Waals surface area contributed by atoms with Crippen LogP contribution in [-0.2, 0) is 16.1 Å². The number of rotatable bonds is 7. The highest BCUT2D eigenvalue weighted by Gasteiger charge is 2.22. The quantitative estimate of drug-likeness (QED) is 0.218. The summed E-state index contributed by atoms with van der Waals surface area (Å²) in [7, 11) is 2.07. The summed E-state index contributed by atoms with van der Waals surface area (Å²) in [5.74, 6) is -0.334. The summed E-state index contributed by atoms with van der Waals surface area (Å²) < 4.78 is 5.21. The zero-order chi connectivity index (χ0) is 25.7. The average Bonchev–Trinajstić information content (AvgIpc) is 2.72. The fourth-order valence-corrected chi connectivity index (χ4v) is 3.51. The number of carbonyl (C=O) groups is 2. The summed E-state index contributed by atoms with van der Waals surface area (Å²) in [6, 6.07) is 7.59. The van der Waals surface area contributed by atoms with E-state index in [0.717, 1.165) is 31.5 Å². The van der Waals surface area contributed by atoms with Gasteiger partial charge in [0.2, 0.25) is 0 Å². The Kier molecular flexibility index (Phi) is 12.9. The van der Waals surface area contributed by atoms with Crippen molar-refractivity contribution in [3.05, 3.63) is 58.2 Å². The van der Waals surface area contributed by atoms with Crippen molar-refractivity contribution in [1.29, 1.82) is 0 Å². The van der Waals surface area contributed by atoms with E-state index in [2.05, 4.69) is 47.1 Å². The number of alkyl carbamates (subject to hydrolysis) is 1. The Hall–Kier alpha value is -2.36. The number of nitrogens with one attached hydrogen (secondary N) is 3. The highest BCUT2D eigenvalue weighted by molar-refractivity contribution is 7.84. The van der Waals surface area contributed by atoms with Crippen LogP contribution in [0.3, 0.4) is 0 Å². The van der Waals surface area contributed by atoms with Gasteiger partial charge in [-0.2, -0.15) is 0 Å². The number of likely N-dealkylation sites (tertiary alicyclic amines) is 1. The van der Waals surface area contributed by atoms with E-state index in [0.29, 0.717) is 18.1 Å². The van der Waals surface area contributed by atoms with Gasteiger partial charge in [0.1, 0.15) is 11.3 Å². The highest BCUT2D eigenvalue weighted by atomic mass is 35.5. The van der Waals surface area contributed by atoms with Crippen molar-refractivity contribution in [3.8, 4) is 0 Å². The molecule has 1 fully saturated rings. The van der Waals surface area contributed by atoms with E-state index in [1.165, 1.54) is 0 Å². The lowest BCUT2D eigenvalue weighted by molar-refractivity contribution is -0.117. The second kappa shape index (κ2) is 14.8. The molecule has 34 heavy (non-hydrogen) atoms. The van der Waals surface area contributed by atoms with Crippen molar-refractivity contribution in [2.24, 2.45) is 5.73 Å². The van der Waals surface area contributed by atoms with E-state index in [1.54, 1.807) is 12.1 Å². The SMILES string of the molecule is C=CCNC(=O)/C(NCc1ccccc1Cl)=C(/N)S.CN1CCCC(NC(=O)OC(C)(C)C)C1. The molecule has 0 bridgehead atoms. The van der Waals surface area contributed by atoms with Crippen LogP contribution in [0.15, 0.2) is 47.6 Å². The molecule has 1 aliphatic rings. The van der Waals surface area contributed by atoms with E-state index in [1.807, 2.05) is 39.0 Å². The Morgan fingerprint density at radius 1 is 1.32 bits per heavy atom. The minimum absolute atomic E-state index is 0.119. The van der Waals surface area contributed by atoms with Gasteiger partial charge in [-0.1, -0.05) is 35.9 Å². The summed E-state index contributed by atoms with van der Waals surface area (Å²) in [5, 5.41) is 9.20. The van der Waals surface area contributed by atoms with E-state index in [-0.39, 0.29) is 28.8 Å². The van der Waals surface area contributed by atoms with E-state index < -0.39 is 5.60 Å². The normalized spacial score (nSPS) is 16.8. The van der Waals surface area contributed by atoms with Gasteiger partial charge >= 0.3 is 6.09 Å². The summed E-state index contributed by atoms with van der Waals surface area (Å²) in [5.41, 5.74) is 6.24. The predicted octanol–water partition coefficient (Wildman–Crippen LogP) is 3.39. The lowest BCUT2D eigenvalue weighted by atomic mass is 10.1. The molecule has 2 rings (SSSR count). The number of carbonyl (C=O) groups excluding carboxylic acids is 2. The third-order valence-corrected chi connectivity index (χ3v) is 5.24. The summed E-state index contributed by atoms with van der Waals surface area (Å²) in [6.45, 7) is 11.9. The zero-order valence-electron chi connectivity index (χ0n) is 20.5. The van der Waals surface area contributed by atoms with Crippen molar-refractivity contribution in [2.45, 2.75) is 51.8 Å². The fraction of sp³-hybridized carbons (Fsp3) is 0.500. The first kappa shape index (κ1) is 29.7. The molecule has 0 aliphatic carbocycles. The molecule has 1 heterocycles. The van der Waals surface area contributed by atoms with Crippen molar-refractivity contribution >= 4 is 36.2 Å². The Labute approximate surface area is 213 Å². The fourth-order valence-electron chi connectivity index (χ4n) is 3.12. The molecule has 0 radical (unpaired) electrons. The highest BCUT2D eigenvalue weighted by Crippen LogP contribution is 2.15. The molecule has 0 saturated carbocycles. The van der Waals surface area contributed by atoms with Crippen molar-refractivity contribution in [3.63, 3.8) is 0 Å². The van der Waals surface area contributed by atoms with Crippen LogP contribution in [0, 0.1) is 0 Å². The molecule has 5 N–H and O–H groups in total. The molecule has 1 saturated heterocycles. The van der Waals surface area contributed by atoms with Crippen LogP contribution >= 0.6 is 24.2 Å². The summed E-state index contributed by atoms with van der Waals surface area (Å²) >= 11 is 10.0. The number of thiol groups is 1. The standard InChI is InChI=1S/C13H16ClN3OS.C11H22N2O2/c1-2-7-16-13(18)11(12(15)19)17-8-9-5-3-4-6-10(9)14;1-11(2,3)15-10(14)12-9-6-5-7-13(4)8-9/h2-6,17,19H,1,7-8,15H2,(H,16,18);9H,5-8H2,1-4H3,(H,12,14)/b12-11+;. The number of hydrogen-bond acceptors (Lipinski definition) is 7. The van der Waals surface area contributed by atoms with Crippen LogP contribution in [0.1, 0.15) is 39.2 Å². The lowest BCUT2D eigenvalue weighted by Crippen LogP contribution is -2.47. The third kappa shape index (κ3) is 12.2. The van der Waals surface area contributed by atoms with Crippen molar-refractivity contribution in [1.82, 2.24) is 20.9 Å². The maximum atomic E-state index is 11.8. The molecular formula is C24H38ClN5O3S. The van der Waals surface area contributed by atoms with Gasteiger partial charge in [-0.05, 0) is 58.8 Å². The lowest BCUT2D eigenvalue weighted by Gasteiger charge is -2.31. The molecule has 0 spiro atoms. The van der Waals surface area contributed by atoms with Crippen LogP contribution in [0.25, 0.3) is 0 Å². The Balaban J connectivity index is 0.000000350. The van der Waals surface area contributed by atoms with Gasteiger partial charge in [0.05, 0.1) is 5.03 Å². The van der Waals surface area contributed by atoms with E-state index >= 15 is 0 Å². The van der Waals surface area contributed by atoms with E-state index in [4.69, 9.17) is 22.1 Å². The van der Waals surface area contributed by atoms with Gasteiger partial charge in [-0.25, -0.2) is 4.79 Å². The number of nitrogens with zero attached hydrogens (tertiary/aromatic N) is 1. The molecular weight excluding hydrogens is 474 g/mol. The minimum atomic E-state index is -0.412. The maximum Gasteiger partial charge on any atom is 0.407 e. The number of likely N-dealkylation sites (N-methyl/N-ethyl adjacent to an activating group) is 1. The number of piperidine rings is 1. The smallest absolute Gasteiger partial charge is 0.407 e. The van der Waals surface area contributed by atoms with Crippen LogP contribution in [0.4, 0.5) is 4.79 Å². The number of amides is 2. The molecule has 0 aromatic heterocycles. The number of ether oxygens (including phenoxy) is 1. The van der Waals surface area contributed by atoms with Gasteiger partial charge in [-0.15, -0.1) is 19.2 Å². The molecule has 10 heteroatoms. The van der Waals surface area contributed by atoms with Gasteiger partial charge in [-0.3, -0.25) is 4.79 Å². The van der Waals surface area contributed by atoms with Crippen LogP contribution in [-0.4, -0.2) is 55.2 Å². The molecule has 1 unspecified atom stereocenters. The molecule has 1 aromatic carbocycles. The van der Waals surface area contributed by atoms with E-state index in [9.17, 15) is 9.59 Å². The topological polar surface area (TPSA) is 109 Å². The zero-order valence-corrected chi connectivity index (χ0v) is 22.1. The number of halogens is 1. The number of benzene rings is 1. The minimum Gasteiger partial charge on any atom is -0.444 e. The first-order chi connectivity index (χ1) is 15.9. The molecule has 8 nitrogen and oxygen atoms in total. The summed E-state index contributed by atoms with van der Waals surface area (Å²) in [6.07, 6.45) is 3.46.